The second-order valence-corrected chi connectivity index (χ2v) is 4.40. The van der Waals surface area contributed by atoms with Crippen LogP contribution in [0.3, 0.4) is 0 Å². The van der Waals surface area contributed by atoms with E-state index in [0.717, 1.165) is 17.7 Å². The van der Waals surface area contributed by atoms with E-state index in [-0.39, 0.29) is 6.04 Å². The zero-order chi connectivity index (χ0) is 14.8. The lowest BCUT2D eigenvalue weighted by Gasteiger charge is -2.18. The molecule has 1 unspecified atom stereocenters. The molecule has 0 aliphatic carbocycles. The fourth-order valence-corrected chi connectivity index (χ4v) is 2.06. The minimum Gasteiger partial charge on any atom is -0.307 e. The van der Waals surface area contributed by atoms with Crippen molar-refractivity contribution in [3.8, 4) is 0 Å². The molecular formula is C14H14F3N3. The van der Waals surface area contributed by atoms with E-state index in [9.17, 15) is 13.2 Å². The standard InChI is InChI=1S/C14H14F3N3/c1-9-8-10(14(15,16)17)4-5-11(9)12(18-2)13-19-6-3-7-20-13/h3-8,12,18H,1-2H3. The number of rotatable bonds is 3. The van der Waals surface area contributed by atoms with E-state index in [1.165, 1.54) is 6.07 Å². The number of nitrogens with one attached hydrogen (secondary N) is 1. The summed E-state index contributed by atoms with van der Waals surface area (Å²) in [6.07, 6.45) is -1.13. The number of aromatic nitrogens is 2. The van der Waals surface area contributed by atoms with Gasteiger partial charge in [-0.2, -0.15) is 13.2 Å². The molecule has 2 rings (SSSR count). The summed E-state index contributed by atoms with van der Waals surface area (Å²) in [5.74, 6) is 0.526. The van der Waals surface area contributed by atoms with Gasteiger partial charge in [0.2, 0.25) is 0 Å². The molecule has 1 N–H and O–H groups in total. The second kappa shape index (κ2) is 5.58. The minimum absolute atomic E-state index is 0.335. The molecule has 1 heterocycles. The van der Waals surface area contributed by atoms with Gasteiger partial charge in [0.15, 0.2) is 0 Å². The highest BCUT2D eigenvalue weighted by molar-refractivity contribution is 5.37. The molecule has 1 aromatic carbocycles. The fraction of sp³-hybridized carbons (Fsp3) is 0.286. The predicted octanol–water partition coefficient (Wildman–Crippen LogP) is 3.11. The Hall–Kier alpha value is -1.95. The number of benzene rings is 1. The highest BCUT2D eigenvalue weighted by Crippen LogP contribution is 2.32. The molecule has 6 heteroatoms. The summed E-state index contributed by atoms with van der Waals surface area (Å²) in [4.78, 5) is 8.29. The molecule has 0 fully saturated rings. The average molecular weight is 281 g/mol. The van der Waals surface area contributed by atoms with Crippen LogP contribution in [-0.4, -0.2) is 17.0 Å². The van der Waals surface area contributed by atoms with Crippen LogP contribution in [0.4, 0.5) is 13.2 Å². The van der Waals surface area contributed by atoms with Crippen LogP contribution in [0.1, 0.15) is 28.6 Å². The largest absolute Gasteiger partial charge is 0.416 e. The molecule has 1 aromatic heterocycles. The van der Waals surface area contributed by atoms with Crippen LogP contribution >= 0.6 is 0 Å². The van der Waals surface area contributed by atoms with Gasteiger partial charge in [0.1, 0.15) is 5.82 Å². The van der Waals surface area contributed by atoms with E-state index in [0.29, 0.717) is 11.4 Å². The molecule has 0 saturated carbocycles. The molecule has 0 saturated heterocycles. The van der Waals surface area contributed by atoms with Gasteiger partial charge in [0, 0.05) is 12.4 Å². The van der Waals surface area contributed by atoms with Crippen molar-refractivity contribution in [2.24, 2.45) is 0 Å². The first kappa shape index (κ1) is 14.5. The summed E-state index contributed by atoms with van der Waals surface area (Å²) in [6.45, 7) is 1.65. The molecule has 0 aliphatic heterocycles. The van der Waals surface area contributed by atoms with Crippen molar-refractivity contribution in [2.75, 3.05) is 7.05 Å². The number of alkyl halides is 3. The van der Waals surface area contributed by atoms with Crippen molar-refractivity contribution in [3.05, 3.63) is 59.2 Å². The second-order valence-electron chi connectivity index (χ2n) is 4.40. The van der Waals surface area contributed by atoms with E-state index in [4.69, 9.17) is 0 Å². The Morgan fingerprint density at radius 1 is 1.15 bits per heavy atom. The smallest absolute Gasteiger partial charge is 0.307 e. The van der Waals surface area contributed by atoms with Crippen molar-refractivity contribution < 1.29 is 13.2 Å². The maximum atomic E-state index is 12.7. The van der Waals surface area contributed by atoms with Crippen LogP contribution in [0.15, 0.2) is 36.7 Å². The molecular weight excluding hydrogens is 267 g/mol. The van der Waals surface area contributed by atoms with Gasteiger partial charge in [0.05, 0.1) is 11.6 Å². The number of nitrogens with zero attached hydrogens (tertiary/aromatic N) is 2. The molecule has 0 bridgehead atoms. The van der Waals surface area contributed by atoms with Crippen LogP contribution < -0.4 is 5.32 Å². The third-order valence-corrected chi connectivity index (χ3v) is 3.04. The third-order valence-electron chi connectivity index (χ3n) is 3.04. The van der Waals surface area contributed by atoms with Crippen molar-refractivity contribution in [1.29, 1.82) is 0 Å². The van der Waals surface area contributed by atoms with Crippen LogP contribution in [0.25, 0.3) is 0 Å². The van der Waals surface area contributed by atoms with Crippen molar-refractivity contribution in [3.63, 3.8) is 0 Å². The van der Waals surface area contributed by atoms with E-state index in [1.807, 2.05) is 0 Å². The molecule has 3 nitrogen and oxygen atoms in total. The lowest BCUT2D eigenvalue weighted by molar-refractivity contribution is -0.137. The predicted molar refractivity (Wildman–Crippen MR) is 69.1 cm³/mol. The molecule has 1 atom stereocenters. The van der Waals surface area contributed by atoms with Gasteiger partial charge in [-0.05, 0) is 43.3 Å². The minimum atomic E-state index is -4.33. The van der Waals surface area contributed by atoms with Crippen LogP contribution in [0, 0.1) is 6.92 Å². The van der Waals surface area contributed by atoms with Crippen LogP contribution in [0.2, 0.25) is 0 Å². The summed E-state index contributed by atoms with van der Waals surface area (Å²) in [6, 6.07) is 5.04. The van der Waals surface area contributed by atoms with E-state index in [1.54, 1.807) is 32.4 Å². The average Bonchev–Trinajstić information content (AvgIpc) is 2.41. The number of hydrogen-bond acceptors (Lipinski definition) is 3. The lowest BCUT2D eigenvalue weighted by atomic mass is 9.98. The molecule has 0 spiro atoms. The van der Waals surface area contributed by atoms with Gasteiger partial charge in [-0.15, -0.1) is 0 Å². The van der Waals surface area contributed by atoms with Gasteiger partial charge in [-0.25, -0.2) is 9.97 Å². The summed E-state index contributed by atoms with van der Waals surface area (Å²) < 4.78 is 38.0. The molecule has 0 aliphatic rings. The van der Waals surface area contributed by atoms with Crippen LogP contribution in [-0.2, 0) is 6.18 Å². The van der Waals surface area contributed by atoms with Crippen molar-refractivity contribution >= 4 is 0 Å². The van der Waals surface area contributed by atoms with Gasteiger partial charge in [-0.1, -0.05) is 6.07 Å². The maximum Gasteiger partial charge on any atom is 0.416 e. The lowest BCUT2D eigenvalue weighted by Crippen LogP contribution is -2.21. The number of aryl methyl sites for hydroxylation is 1. The normalized spacial score (nSPS) is 13.2. The Morgan fingerprint density at radius 2 is 1.80 bits per heavy atom. The zero-order valence-electron chi connectivity index (χ0n) is 11.1. The highest BCUT2D eigenvalue weighted by Gasteiger charge is 2.31. The monoisotopic (exact) mass is 281 g/mol. The third kappa shape index (κ3) is 2.96. The molecule has 20 heavy (non-hydrogen) atoms. The highest BCUT2D eigenvalue weighted by atomic mass is 19.4. The van der Waals surface area contributed by atoms with E-state index in [2.05, 4.69) is 15.3 Å². The van der Waals surface area contributed by atoms with Crippen molar-refractivity contribution in [2.45, 2.75) is 19.1 Å². The topological polar surface area (TPSA) is 37.8 Å². The zero-order valence-corrected chi connectivity index (χ0v) is 11.1. The Balaban J connectivity index is 2.42. The Bertz CT molecular complexity index is 582. The fourth-order valence-electron chi connectivity index (χ4n) is 2.06. The molecule has 0 amide bonds. The first-order valence-electron chi connectivity index (χ1n) is 6.05. The first-order valence-corrected chi connectivity index (χ1v) is 6.05. The van der Waals surface area contributed by atoms with Gasteiger partial charge in [-0.3, -0.25) is 0 Å². The maximum absolute atomic E-state index is 12.7. The summed E-state index contributed by atoms with van der Waals surface area (Å²) >= 11 is 0. The van der Waals surface area contributed by atoms with Crippen molar-refractivity contribution in [1.82, 2.24) is 15.3 Å². The van der Waals surface area contributed by atoms with Gasteiger partial charge < -0.3 is 5.32 Å². The Kier molecular flexibility index (Phi) is 4.04. The Morgan fingerprint density at radius 3 is 2.30 bits per heavy atom. The summed E-state index contributed by atoms with van der Waals surface area (Å²) in [7, 11) is 1.72. The van der Waals surface area contributed by atoms with Gasteiger partial charge >= 0.3 is 6.18 Å². The molecule has 2 aromatic rings. The molecule has 106 valence electrons. The summed E-state index contributed by atoms with van der Waals surface area (Å²) in [5, 5.41) is 3.03. The van der Waals surface area contributed by atoms with Crippen LogP contribution in [0.5, 0.6) is 0 Å². The number of halogens is 3. The molecule has 0 radical (unpaired) electrons. The number of hydrogen-bond donors (Lipinski definition) is 1. The SMILES string of the molecule is CNC(c1ncccn1)c1ccc(C(F)(F)F)cc1C. The first-order chi connectivity index (χ1) is 9.43. The van der Waals surface area contributed by atoms with Gasteiger partial charge in [0.25, 0.3) is 0 Å². The quantitative estimate of drug-likeness (QED) is 0.939. The summed E-state index contributed by atoms with van der Waals surface area (Å²) in [5.41, 5.74) is 0.626. The Labute approximate surface area is 114 Å². The van der Waals surface area contributed by atoms with E-state index < -0.39 is 11.7 Å². The van der Waals surface area contributed by atoms with E-state index >= 15 is 0 Å².